The van der Waals surface area contributed by atoms with Crippen LogP contribution in [0.1, 0.15) is 12.0 Å². The zero-order valence-electron chi connectivity index (χ0n) is 14.5. The van der Waals surface area contributed by atoms with Gasteiger partial charge in [0.05, 0.1) is 10.0 Å². The molecule has 1 atom stereocenters. The number of carbonyl (C=O) groups is 1. The van der Waals surface area contributed by atoms with Gasteiger partial charge in [0.25, 0.3) is 5.56 Å². The molecule has 2 heterocycles. The summed E-state index contributed by atoms with van der Waals surface area (Å²) in [6, 6.07) is 6.00. The fourth-order valence-corrected chi connectivity index (χ4v) is 3.29. The number of hydrogen-bond donors (Lipinski definition) is 1. The van der Waals surface area contributed by atoms with Gasteiger partial charge in [0.2, 0.25) is 5.91 Å². The van der Waals surface area contributed by atoms with Crippen molar-refractivity contribution in [2.24, 2.45) is 14.1 Å². The van der Waals surface area contributed by atoms with Crippen molar-refractivity contribution in [2.75, 3.05) is 16.8 Å². The van der Waals surface area contributed by atoms with Gasteiger partial charge in [0.15, 0.2) is 5.56 Å². The molecular formula is C17H15Cl2N5O3. The lowest BCUT2D eigenvalue weighted by atomic mass is 10.2. The van der Waals surface area contributed by atoms with Gasteiger partial charge in [-0.1, -0.05) is 23.2 Å². The highest BCUT2D eigenvalue weighted by atomic mass is 35.5. The Hall–Kier alpha value is -2.76. The minimum atomic E-state index is -0.713. The Morgan fingerprint density at radius 3 is 2.48 bits per heavy atom. The van der Waals surface area contributed by atoms with E-state index in [1.807, 2.05) is 0 Å². The van der Waals surface area contributed by atoms with Crippen molar-refractivity contribution in [1.29, 1.82) is 5.26 Å². The van der Waals surface area contributed by atoms with Gasteiger partial charge in [-0.25, -0.2) is 4.79 Å². The molecule has 27 heavy (non-hydrogen) atoms. The Balaban J connectivity index is 1.94. The number of aromatic nitrogens is 2. The summed E-state index contributed by atoms with van der Waals surface area (Å²) in [5, 5.41) is 12.9. The van der Waals surface area contributed by atoms with Gasteiger partial charge < -0.3 is 10.2 Å². The lowest BCUT2D eigenvalue weighted by Crippen LogP contribution is -2.42. The molecule has 8 nitrogen and oxygen atoms in total. The van der Waals surface area contributed by atoms with Crippen molar-refractivity contribution < 1.29 is 4.79 Å². The maximum atomic E-state index is 12.8. The highest BCUT2D eigenvalue weighted by Crippen LogP contribution is 2.30. The minimum Gasteiger partial charge on any atom is -0.358 e. The lowest BCUT2D eigenvalue weighted by molar-refractivity contribution is -0.117. The number of carbonyl (C=O) groups excluding carboxylic acids is 1. The largest absolute Gasteiger partial charge is 0.358 e. The van der Waals surface area contributed by atoms with Crippen LogP contribution in [0.15, 0.2) is 27.8 Å². The molecule has 1 N–H and O–H groups in total. The van der Waals surface area contributed by atoms with E-state index in [4.69, 9.17) is 23.2 Å². The molecule has 1 unspecified atom stereocenters. The van der Waals surface area contributed by atoms with Gasteiger partial charge >= 0.3 is 5.69 Å². The van der Waals surface area contributed by atoms with E-state index >= 15 is 0 Å². The molecule has 0 spiro atoms. The smallest absolute Gasteiger partial charge is 0.332 e. The molecule has 3 rings (SSSR count). The molecule has 2 aromatic rings. The number of nitriles is 1. The molecule has 0 aliphatic carbocycles. The second kappa shape index (κ2) is 7.10. The summed E-state index contributed by atoms with van der Waals surface area (Å²) in [6.45, 7) is 0.412. The summed E-state index contributed by atoms with van der Waals surface area (Å²) < 4.78 is 2.00. The van der Waals surface area contributed by atoms with Crippen LogP contribution < -0.4 is 21.5 Å². The number of nitrogens with one attached hydrogen (secondary N) is 1. The zero-order valence-corrected chi connectivity index (χ0v) is 16.0. The number of halogens is 2. The van der Waals surface area contributed by atoms with Crippen LogP contribution in [0.3, 0.4) is 0 Å². The Labute approximate surface area is 164 Å². The van der Waals surface area contributed by atoms with Crippen molar-refractivity contribution >= 4 is 40.6 Å². The van der Waals surface area contributed by atoms with Gasteiger partial charge in [-0.2, -0.15) is 5.26 Å². The summed E-state index contributed by atoms with van der Waals surface area (Å²) in [7, 11) is 2.73. The third-order valence-corrected chi connectivity index (χ3v) is 5.25. The van der Waals surface area contributed by atoms with Gasteiger partial charge in [-0.15, -0.1) is 0 Å². The normalized spacial score (nSPS) is 16.5. The fraction of sp³-hybridized carbons (Fsp3) is 0.294. The van der Waals surface area contributed by atoms with E-state index in [0.29, 0.717) is 28.7 Å². The Morgan fingerprint density at radius 2 is 1.85 bits per heavy atom. The molecule has 1 fully saturated rings. The van der Waals surface area contributed by atoms with E-state index in [0.717, 1.165) is 9.13 Å². The summed E-state index contributed by atoms with van der Waals surface area (Å²) in [5.74, 6) is -0.231. The average Bonchev–Trinajstić information content (AvgIpc) is 3.01. The monoisotopic (exact) mass is 407 g/mol. The SMILES string of the molecule is Cn1c(NC2CCN(c3ccc(Cl)c(Cl)c3)C2=O)c(C#N)c(=O)n(C)c1=O. The Kier molecular flexibility index (Phi) is 5.00. The molecule has 1 amide bonds. The second-order valence-corrected chi connectivity index (χ2v) is 6.93. The van der Waals surface area contributed by atoms with Gasteiger partial charge in [-0.3, -0.25) is 18.7 Å². The van der Waals surface area contributed by atoms with Crippen molar-refractivity contribution in [3.8, 4) is 6.07 Å². The molecule has 0 saturated carbocycles. The summed E-state index contributed by atoms with van der Waals surface area (Å²) in [6.07, 6.45) is 0.424. The fourth-order valence-electron chi connectivity index (χ4n) is 3.00. The summed E-state index contributed by atoms with van der Waals surface area (Å²) in [4.78, 5) is 38.6. The van der Waals surface area contributed by atoms with E-state index < -0.39 is 17.3 Å². The van der Waals surface area contributed by atoms with E-state index in [-0.39, 0.29) is 17.3 Å². The number of anilines is 2. The van der Waals surface area contributed by atoms with Crippen LogP contribution in [-0.4, -0.2) is 27.6 Å². The third kappa shape index (κ3) is 3.20. The maximum Gasteiger partial charge on any atom is 0.332 e. The van der Waals surface area contributed by atoms with Crippen LogP contribution in [0.25, 0.3) is 0 Å². The van der Waals surface area contributed by atoms with E-state index in [9.17, 15) is 19.6 Å². The first kappa shape index (κ1) is 19.0. The molecule has 0 bridgehead atoms. The number of nitrogens with zero attached hydrogens (tertiary/aromatic N) is 4. The van der Waals surface area contributed by atoms with Crippen molar-refractivity contribution in [3.05, 3.63) is 54.6 Å². The highest BCUT2D eigenvalue weighted by molar-refractivity contribution is 6.42. The quantitative estimate of drug-likeness (QED) is 0.830. The van der Waals surface area contributed by atoms with E-state index in [1.54, 1.807) is 24.3 Å². The zero-order chi connectivity index (χ0) is 19.9. The predicted molar refractivity (Wildman–Crippen MR) is 102 cm³/mol. The summed E-state index contributed by atoms with van der Waals surface area (Å²) in [5.41, 5.74) is -0.930. The Morgan fingerprint density at radius 1 is 1.15 bits per heavy atom. The lowest BCUT2D eigenvalue weighted by Gasteiger charge is -2.19. The topological polar surface area (TPSA) is 100 Å². The minimum absolute atomic E-state index is 0.0277. The maximum absolute atomic E-state index is 12.8. The van der Waals surface area contributed by atoms with Crippen LogP contribution in [0.5, 0.6) is 0 Å². The van der Waals surface area contributed by atoms with Crippen LogP contribution in [0.2, 0.25) is 10.0 Å². The first-order chi connectivity index (χ1) is 12.8. The van der Waals surface area contributed by atoms with Crippen LogP contribution >= 0.6 is 23.2 Å². The molecule has 140 valence electrons. The first-order valence-corrected chi connectivity index (χ1v) is 8.75. The predicted octanol–water partition coefficient (Wildman–Crippen LogP) is 1.48. The molecule has 1 aliphatic rings. The molecule has 1 aromatic heterocycles. The first-order valence-electron chi connectivity index (χ1n) is 7.99. The third-order valence-electron chi connectivity index (χ3n) is 4.51. The summed E-state index contributed by atoms with van der Waals surface area (Å²) >= 11 is 11.9. The van der Waals surface area contributed by atoms with Crippen molar-refractivity contribution in [1.82, 2.24) is 9.13 Å². The van der Waals surface area contributed by atoms with Crippen molar-refractivity contribution in [3.63, 3.8) is 0 Å². The van der Waals surface area contributed by atoms with Gasteiger partial charge in [0.1, 0.15) is 17.9 Å². The number of rotatable bonds is 3. The van der Waals surface area contributed by atoms with Gasteiger partial charge in [-0.05, 0) is 24.6 Å². The number of hydrogen-bond acceptors (Lipinski definition) is 5. The van der Waals surface area contributed by atoms with E-state index in [2.05, 4.69) is 5.32 Å². The van der Waals surface area contributed by atoms with Crippen LogP contribution in [0.4, 0.5) is 11.5 Å². The molecular weight excluding hydrogens is 393 g/mol. The molecule has 1 aromatic carbocycles. The molecule has 1 aliphatic heterocycles. The number of amides is 1. The Bertz CT molecular complexity index is 1100. The highest BCUT2D eigenvalue weighted by Gasteiger charge is 2.34. The van der Waals surface area contributed by atoms with E-state index in [1.165, 1.54) is 19.0 Å². The van der Waals surface area contributed by atoms with Crippen molar-refractivity contribution in [2.45, 2.75) is 12.5 Å². The average molecular weight is 408 g/mol. The molecule has 1 saturated heterocycles. The van der Waals surface area contributed by atoms with Crippen LogP contribution in [-0.2, 0) is 18.9 Å². The standard InChI is InChI=1S/C17H15Cl2N5O3/c1-22-14(10(8-20)15(25)23(2)17(22)27)21-13-5-6-24(16(13)26)9-3-4-11(18)12(19)7-9/h3-4,7,13,21H,5-6H2,1-2H3. The second-order valence-electron chi connectivity index (χ2n) is 6.12. The number of benzene rings is 1. The molecule has 10 heteroatoms. The van der Waals surface area contributed by atoms with Gasteiger partial charge in [0, 0.05) is 26.3 Å². The molecule has 0 radical (unpaired) electrons. The van der Waals surface area contributed by atoms with Crippen LogP contribution in [0, 0.1) is 11.3 Å².